The number of aromatic amines is 1. The largest absolute Gasteiger partial charge is 0.497 e. The van der Waals surface area contributed by atoms with E-state index in [9.17, 15) is 14.4 Å². The van der Waals surface area contributed by atoms with Crippen LogP contribution >= 0.6 is 0 Å². The van der Waals surface area contributed by atoms with Gasteiger partial charge in [-0.2, -0.15) is 0 Å². The summed E-state index contributed by atoms with van der Waals surface area (Å²) in [5, 5.41) is 3.25. The van der Waals surface area contributed by atoms with Gasteiger partial charge < -0.3 is 19.8 Å². The van der Waals surface area contributed by atoms with E-state index >= 15 is 0 Å². The number of ketones is 1. The number of carbonyl (C=O) groups is 3. The van der Waals surface area contributed by atoms with Crippen LogP contribution in [0.15, 0.2) is 54.7 Å². The van der Waals surface area contributed by atoms with E-state index in [4.69, 9.17) is 9.47 Å². The first-order chi connectivity index (χ1) is 14.1. The summed E-state index contributed by atoms with van der Waals surface area (Å²) >= 11 is 0. The molecule has 0 radical (unpaired) electrons. The van der Waals surface area contributed by atoms with Crippen LogP contribution in [0.25, 0.3) is 10.9 Å². The molecule has 0 spiro atoms. The van der Waals surface area contributed by atoms with Crippen molar-refractivity contribution in [2.75, 3.05) is 25.1 Å². The number of ether oxygens (including phenoxy) is 2. The Labute approximate surface area is 166 Å². The van der Waals surface area contributed by atoms with E-state index in [1.807, 2.05) is 12.1 Å². The van der Waals surface area contributed by atoms with Gasteiger partial charge in [-0.15, -0.1) is 0 Å². The first-order valence-electron chi connectivity index (χ1n) is 9.07. The topological polar surface area (TPSA) is 101 Å². The van der Waals surface area contributed by atoms with Crippen molar-refractivity contribution in [3.63, 3.8) is 0 Å². The number of hydrogen-bond donors (Lipinski definition) is 2. The fourth-order valence-corrected chi connectivity index (χ4v) is 3.29. The standard InChI is InChI=1S/C21H19N3O5/c1-28-14-6-4-5-13(9-14)24-12-15(29-21(24)27)10-23-20(26)19(25)17-11-22-18-8-3-2-7-16(17)18/h2-9,11,15,22H,10,12H2,1H3,(H,23,26). The maximum absolute atomic E-state index is 12.5. The van der Waals surface area contributed by atoms with Crippen LogP contribution in [0.5, 0.6) is 5.75 Å². The molecule has 8 heteroatoms. The Morgan fingerprint density at radius 3 is 2.90 bits per heavy atom. The van der Waals surface area contributed by atoms with Gasteiger partial charge in [-0.1, -0.05) is 24.3 Å². The van der Waals surface area contributed by atoms with E-state index in [1.54, 1.807) is 43.5 Å². The average molecular weight is 393 g/mol. The van der Waals surface area contributed by atoms with Crippen molar-refractivity contribution in [2.45, 2.75) is 6.10 Å². The lowest BCUT2D eigenvalue weighted by Gasteiger charge is -2.14. The molecule has 0 aliphatic carbocycles. The van der Waals surface area contributed by atoms with Crippen LogP contribution in [0, 0.1) is 0 Å². The molecule has 0 saturated carbocycles. The summed E-state index contributed by atoms with van der Waals surface area (Å²) in [5.41, 5.74) is 1.72. The Bertz CT molecular complexity index is 1090. The highest BCUT2D eigenvalue weighted by molar-refractivity contribution is 6.44. The second-order valence-electron chi connectivity index (χ2n) is 6.60. The minimum atomic E-state index is -0.745. The second-order valence-corrected chi connectivity index (χ2v) is 6.60. The quantitative estimate of drug-likeness (QED) is 0.495. The number of hydrogen-bond acceptors (Lipinski definition) is 5. The molecule has 29 heavy (non-hydrogen) atoms. The molecule has 1 fully saturated rings. The SMILES string of the molecule is COc1cccc(N2CC(CNC(=O)C(=O)c3c[nH]c4ccccc34)OC2=O)c1. The van der Waals surface area contributed by atoms with Crippen molar-refractivity contribution in [1.29, 1.82) is 0 Å². The van der Waals surface area contributed by atoms with Crippen LogP contribution in [-0.4, -0.2) is 49.1 Å². The average Bonchev–Trinajstić information content (AvgIpc) is 3.35. The molecular formula is C21H19N3O5. The Hall–Kier alpha value is -3.81. The Balaban J connectivity index is 1.38. The summed E-state index contributed by atoms with van der Waals surface area (Å²) < 4.78 is 10.5. The number of methoxy groups -OCH3 is 1. The molecule has 0 bridgehead atoms. The van der Waals surface area contributed by atoms with Crippen molar-refractivity contribution in [2.24, 2.45) is 0 Å². The van der Waals surface area contributed by atoms with Crippen LogP contribution in [0.3, 0.4) is 0 Å². The number of nitrogens with one attached hydrogen (secondary N) is 2. The summed E-state index contributed by atoms with van der Waals surface area (Å²) in [7, 11) is 1.55. The zero-order valence-corrected chi connectivity index (χ0v) is 15.7. The summed E-state index contributed by atoms with van der Waals surface area (Å²) in [5.74, 6) is -0.765. The van der Waals surface area contributed by atoms with Crippen LogP contribution in [0.4, 0.5) is 10.5 Å². The fraction of sp³-hybridized carbons (Fsp3) is 0.190. The molecule has 2 heterocycles. The third-order valence-electron chi connectivity index (χ3n) is 4.77. The van der Waals surface area contributed by atoms with Gasteiger partial charge in [0.1, 0.15) is 11.9 Å². The number of fused-ring (bicyclic) bond motifs is 1. The molecule has 1 aliphatic rings. The Kier molecular flexibility index (Phi) is 4.90. The molecule has 1 saturated heterocycles. The molecular weight excluding hydrogens is 374 g/mol. The molecule has 148 valence electrons. The van der Waals surface area contributed by atoms with Crippen molar-refractivity contribution < 1.29 is 23.9 Å². The van der Waals surface area contributed by atoms with Gasteiger partial charge in [0, 0.05) is 23.2 Å². The fourth-order valence-electron chi connectivity index (χ4n) is 3.29. The first-order valence-corrected chi connectivity index (χ1v) is 9.07. The molecule has 2 N–H and O–H groups in total. The van der Waals surface area contributed by atoms with Gasteiger partial charge in [-0.3, -0.25) is 14.5 Å². The zero-order valence-electron chi connectivity index (χ0n) is 15.7. The lowest BCUT2D eigenvalue weighted by molar-refractivity contribution is -0.117. The minimum Gasteiger partial charge on any atom is -0.497 e. The molecule has 1 unspecified atom stereocenters. The smallest absolute Gasteiger partial charge is 0.414 e. The number of benzene rings is 2. The molecule has 4 rings (SSSR count). The number of rotatable bonds is 6. The van der Waals surface area contributed by atoms with Gasteiger partial charge in [0.05, 0.1) is 31.5 Å². The van der Waals surface area contributed by atoms with E-state index in [0.29, 0.717) is 22.4 Å². The lowest BCUT2D eigenvalue weighted by atomic mass is 10.1. The summed E-state index contributed by atoms with van der Waals surface area (Å²) in [4.78, 5) is 41.4. The van der Waals surface area contributed by atoms with Crippen LogP contribution in [0.2, 0.25) is 0 Å². The van der Waals surface area contributed by atoms with Gasteiger partial charge in [0.15, 0.2) is 0 Å². The van der Waals surface area contributed by atoms with Gasteiger partial charge in [0.25, 0.3) is 11.7 Å². The highest BCUT2D eigenvalue weighted by Gasteiger charge is 2.33. The number of cyclic esters (lactones) is 1. The molecule has 8 nitrogen and oxygen atoms in total. The van der Waals surface area contributed by atoms with E-state index in [1.165, 1.54) is 11.1 Å². The van der Waals surface area contributed by atoms with E-state index in [-0.39, 0.29) is 13.1 Å². The molecule has 1 aliphatic heterocycles. The zero-order chi connectivity index (χ0) is 20.4. The second kappa shape index (κ2) is 7.67. The van der Waals surface area contributed by atoms with Crippen LogP contribution < -0.4 is 15.0 Å². The third kappa shape index (κ3) is 3.64. The van der Waals surface area contributed by atoms with Crippen molar-refractivity contribution in [3.8, 4) is 5.75 Å². The normalized spacial score (nSPS) is 16.0. The van der Waals surface area contributed by atoms with Crippen molar-refractivity contribution in [3.05, 3.63) is 60.3 Å². The lowest BCUT2D eigenvalue weighted by Crippen LogP contribution is -2.38. The summed E-state index contributed by atoms with van der Waals surface area (Å²) in [6.07, 6.45) is 0.445. The van der Waals surface area contributed by atoms with Gasteiger partial charge >= 0.3 is 6.09 Å². The number of amides is 2. The van der Waals surface area contributed by atoms with Crippen molar-refractivity contribution in [1.82, 2.24) is 10.3 Å². The predicted octanol–water partition coefficient (Wildman–Crippen LogP) is 2.50. The summed E-state index contributed by atoms with van der Waals surface area (Å²) in [6.45, 7) is 0.298. The Morgan fingerprint density at radius 2 is 2.07 bits per heavy atom. The van der Waals surface area contributed by atoms with Crippen molar-refractivity contribution >= 4 is 34.4 Å². The first kappa shape index (κ1) is 18.5. The number of anilines is 1. The van der Waals surface area contributed by atoms with Gasteiger partial charge in [-0.05, 0) is 18.2 Å². The third-order valence-corrected chi connectivity index (χ3v) is 4.77. The minimum absolute atomic E-state index is 0.0408. The van der Waals surface area contributed by atoms with E-state index in [2.05, 4.69) is 10.3 Å². The monoisotopic (exact) mass is 393 g/mol. The highest BCUT2D eigenvalue weighted by atomic mass is 16.6. The Morgan fingerprint density at radius 1 is 1.24 bits per heavy atom. The number of para-hydroxylation sites is 1. The number of carbonyl (C=O) groups excluding carboxylic acids is 3. The van der Waals surface area contributed by atoms with Crippen LogP contribution in [-0.2, 0) is 9.53 Å². The van der Waals surface area contributed by atoms with Crippen LogP contribution in [0.1, 0.15) is 10.4 Å². The van der Waals surface area contributed by atoms with E-state index in [0.717, 1.165) is 5.52 Å². The summed E-state index contributed by atoms with van der Waals surface area (Å²) in [6, 6.07) is 14.3. The number of nitrogens with zero attached hydrogens (tertiary/aromatic N) is 1. The molecule has 1 aromatic heterocycles. The van der Waals surface area contributed by atoms with Gasteiger partial charge in [-0.25, -0.2) is 4.79 Å². The number of H-pyrrole nitrogens is 1. The predicted molar refractivity (Wildman–Crippen MR) is 106 cm³/mol. The van der Waals surface area contributed by atoms with E-state index < -0.39 is 23.9 Å². The maximum Gasteiger partial charge on any atom is 0.414 e. The number of Topliss-reactive ketones (excluding diaryl/α,β-unsaturated/α-hetero) is 1. The van der Waals surface area contributed by atoms with Gasteiger partial charge in [0.2, 0.25) is 0 Å². The highest BCUT2D eigenvalue weighted by Crippen LogP contribution is 2.25. The molecule has 2 aromatic carbocycles. The maximum atomic E-state index is 12.5. The molecule has 3 aromatic rings. The molecule has 2 amide bonds. The molecule has 1 atom stereocenters. The number of aromatic nitrogens is 1.